The van der Waals surface area contributed by atoms with Gasteiger partial charge in [0, 0.05) is 12.1 Å². The summed E-state index contributed by atoms with van der Waals surface area (Å²) in [4.78, 5) is 15.3. The quantitative estimate of drug-likeness (QED) is 0.501. The number of non-ortho nitro benzene ring substituents is 1. The summed E-state index contributed by atoms with van der Waals surface area (Å²) in [6, 6.07) is 14.1. The average molecular weight is 308 g/mol. The molecule has 0 aliphatic carbocycles. The number of anilines is 1. The smallest absolute Gasteiger partial charge is 0.258 e. The Morgan fingerprint density at radius 1 is 1.05 bits per heavy atom. The lowest BCUT2D eigenvalue weighted by Gasteiger charge is -2.16. The first kappa shape index (κ1) is 14.9. The molecule has 0 aliphatic rings. The minimum atomic E-state index is -3.02. The van der Waals surface area contributed by atoms with Crippen molar-refractivity contribution in [3.05, 3.63) is 70.3 Å². The molecule has 0 saturated heterocycles. The minimum absolute atomic E-state index is 0.0706. The maximum atomic E-state index is 11.2. The summed E-state index contributed by atoms with van der Waals surface area (Å²) in [6.45, 7) is 0.0706. The lowest BCUT2D eigenvalue weighted by atomic mass is 10.2. The van der Waals surface area contributed by atoms with Crippen LogP contribution in [0.4, 0.5) is 11.4 Å². The highest BCUT2D eigenvalue weighted by atomic mass is 32.2. The van der Waals surface area contributed by atoms with Crippen LogP contribution in [0.5, 0.6) is 0 Å². The van der Waals surface area contributed by atoms with Gasteiger partial charge in [0.25, 0.3) is 5.69 Å². The number of rotatable bonds is 6. The van der Waals surface area contributed by atoms with Crippen molar-refractivity contribution in [3.8, 4) is 0 Å². The molecule has 0 atom stereocenters. The molecule has 0 heterocycles. The van der Waals surface area contributed by atoms with Gasteiger partial charge in [0.2, 0.25) is 10.9 Å². The molecule has 2 aromatic rings. The molecule has 0 fully saturated rings. The number of benzene rings is 2. The molecule has 0 bridgehead atoms. The Labute approximate surface area is 122 Å². The highest BCUT2D eigenvalue weighted by Gasteiger charge is 2.12. The molecule has 2 rings (SSSR count). The molecule has 0 N–H and O–H groups in total. The third kappa shape index (κ3) is 4.01. The Hall–Kier alpha value is -2.45. The molecule has 21 heavy (non-hydrogen) atoms. The van der Waals surface area contributed by atoms with E-state index in [1.165, 1.54) is 24.3 Å². The number of hydrogen-bond donors (Lipinski definition) is 1. The first-order valence-electron chi connectivity index (χ1n) is 5.93. The van der Waals surface area contributed by atoms with Gasteiger partial charge in [-0.15, -0.1) is 4.47 Å². The fraction of sp³-hybridized carbons (Fsp3) is 0.0769. The zero-order valence-electron chi connectivity index (χ0n) is 10.8. The van der Waals surface area contributed by atoms with E-state index in [1.807, 2.05) is 18.2 Å². The lowest BCUT2D eigenvalue weighted by Crippen LogP contribution is -2.21. The fourth-order valence-corrected chi connectivity index (χ4v) is 2.10. The van der Waals surface area contributed by atoms with Gasteiger partial charge < -0.3 is 0 Å². The minimum Gasteiger partial charge on any atom is -0.258 e. The summed E-state index contributed by atoms with van der Waals surface area (Å²) in [5.74, 6) is 0. The van der Waals surface area contributed by atoms with Crippen molar-refractivity contribution < 1.29 is 18.2 Å². The van der Waals surface area contributed by atoms with E-state index in [0.29, 0.717) is 4.47 Å². The van der Waals surface area contributed by atoms with Crippen molar-refractivity contribution in [2.45, 2.75) is 6.61 Å². The van der Waals surface area contributed by atoms with E-state index in [2.05, 4.69) is 0 Å². The van der Waals surface area contributed by atoms with Gasteiger partial charge in [-0.1, -0.05) is 30.3 Å². The zero-order chi connectivity index (χ0) is 15.2. The standard InChI is InChI=1S/C13H12N2O5S/c16-14(17)12-6-8-13(9-7-12)15(21(18)19)20-10-11-4-2-1-3-5-11/h1-9,21H,10H2. The van der Waals surface area contributed by atoms with Gasteiger partial charge in [0.05, 0.1) is 10.6 Å². The Bertz CT molecular complexity index is 677. The first-order chi connectivity index (χ1) is 10.1. The van der Waals surface area contributed by atoms with Crippen LogP contribution in [0.2, 0.25) is 0 Å². The SMILES string of the molecule is O=[N+]([O-])c1ccc(N(OCc2ccccc2)[SH](=O)=O)cc1. The van der Waals surface area contributed by atoms with E-state index < -0.39 is 15.8 Å². The molecule has 2 aromatic carbocycles. The third-order valence-corrected chi connectivity index (χ3v) is 3.27. The molecule has 7 nitrogen and oxygen atoms in total. The first-order valence-corrected chi connectivity index (χ1v) is 7.06. The monoisotopic (exact) mass is 308 g/mol. The molecule has 110 valence electrons. The van der Waals surface area contributed by atoms with Crippen molar-refractivity contribution in [3.63, 3.8) is 0 Å². The molecule has 0 aliphatic heterocycles. The van der Waals surface area contributed by atoms with E-state index in [0.717, 1.165) is 5.56 Å². The van der Waals surface area contributed by atoms with Crippen molar-refractivity contribution in [2.24, 2.45) is 0 Å². The van der Waals surface area contributed by atoms with Gasteiger partial charge >= 0.3 is 0 Å². The van der Waals surface area contributed by atoms with Crippen LogP contribution in [0.3, 0.4) is 0 Å². The second kappa shape index (κ2) is 6.82. The van der Waals surface area contributed by atoms with Crippen LogP contribution in [-0.2, 0) is 22.3 Å². The van der Waals surface area contributed by atoms with E-state index in [4.69, 9.17) is 4.84 Å². The van der Waals surface area contributed by atoms with Crippen LogP contribution < -0.4 is 4.47 Å². The van der Waals surface area contributed by atoms with Crippen molar-refractivity contribution in [2.75, 3.05) is 4.47 Å². The van der Waals surface area contributed by atoms with E-state index in [1.54, 1.807) is 12.1 Å². The largest absolute Gasteiger partial charge is 0.269 e. The predicted octanol–water partition coefficient (Wildman–Crippen LogP) is 2.06. The molecular weight excluding hydrogens is 296 g/mol. The number of nitrogens with zero attached hydrogens (tertiary/aromatic N) is 2. The Morgan fingerprint density at radius 3 is 2.19 bits per heavy atom. The maximum Gasteiger partial charge on any atom is 0.269 e. The third-order valence-electron chi connectivity index (χ3n) is 2.63. The number of nitro benzene ring substituents is 1. The van der Waals surface area contributed by atoms with Crippen molar-refractivity contribution in [1.82, 2.24) is 0 Å². The number of nitro groups is 1. The Balaban J connectivity index is 2.13. The normalized spacial score (nSPS) is 10.5. The summed E-state index contributed by atoms with van der Waals surface area (Å²) in [5, 5.41) is 10.6. The Morgan fingerprint density at radius 2 is 1.67 bits per heavy atom. The van der Waals surface area contributed by atoms with E-state index in [-0.39, 0.29) is 18.0 Å². The van der Waals surface area contributed by atoms with E-state index in [9.17, 15) is 18.5 Å². The van der Waals surface area contributed by atoms with Gasteiger partial charge in [-0.05, 0) is 17.7 Å². The van der Waals surface area contributed by atoms with E-state index >= 15 is 0 Å². The van der Waals surface area contributed by atoms with Crippen LogP contribution >= 0.6 is 0 Å². The summed E-state index contributed by atoms with van der Waals surface area (Å²) < 4.78 is 23.2. The van der Waals surface area contributed by atoms with Crippen LogP contribution in [-0.4, -0.2) is 13.3 Å². The molecule has 0 unspecified atom stereocenters. The topological polar surface area (TPSA) is 89.8 Å². The average Bonchev–Trinajstić information content (AvgIpc) is 2.48. The summed E-state index contributed by atoms with van der Waals surface area (Å²) in [5.41, 5.74) is 0.886. The second-order valence-corrected chi connectivity index (χ2v) is 4.88. The van der Waals surface area contributed by atoms with Crippen LogP contribution in [0, 0.1) is 10.1 Å². The predicted molar refractivity (Wildman–Crippen MR) is 77.1 cm³/mol. The zero-order valence-corrected chi connectivity index (χ0v) is 11.7. The molecule has 0 aromatic heterocycles. The highest BCUT2D eigenvalue weighted by Crippen LogP contribution is 2.20. The van der Waals surface area contributed by atoms with Crippen molar-refractivity contribution >= 4 is 22.3 Å². The van der Waals surface area contributed by atoms with Crippen LogP contribution in [0.1, 0.15) is 5.56 Å². The lowest BCUT2D eigenvalue weighted by molar-refractivity contribution is -0.384. The number of thiol groups is 1. The molecule has 0 amide bonds. The van der Waals surface area contributed by atoms with Gasteiger partial charge in [-0.25, -0.2) is 8.42 Å². The van der Waals surface area contributed by atoms with Crippen molar-refractivity contribution in [1.29, 1.82) is 0 Å². The summed E-state index contributed by atoms with van der Waals surface area (Å²) in [7, 11) is -3.02. The molecule has 0 spiro atoms. The molecule has 8 heteroatoms. The van der Waals surface area contributed by atoms with Gasteiger partial charge in [0.15, 0.2) is 0 Å². The number of hydrogen-bond acceptors (Lipinski definition) is 5. The molecule has 0 saturated carbocycles. The fourth-order valence-electron chi connectivity index (χ4n) is 1.63. The van der Waals surface area contributed by atoms with Gasteiger partial charge in [0.1, 0.15) is 6.61 Å². The van der Waals surface area contributed by atoms with Gasteiger partial charge in [-0.2, -0.15) is 0 Å². The highest BCUT2D eigenvalue weighted by molar-refractivity contribution is 7.73. The van der Waals surface area contributed by atoms with Gasteiger partial charge in [-0.3, -0.25) is 15.0 Å². The maximum absolute atomic E-state index is 11.2. The summed E-state index contributed by atoms with van der Waals surface area (Å²) >= 11 is 0. The van der Waals surface area contributed by atoms with Crippen LogP contribution in [0.15, 0.2) is 54.6 Å². The Kier molecular flexibility index (Phi) is 4.85. The van der Waals surface area contributed by atoms with Crippen LogP contribution in [0.25, 0.3) is 0 Å². The second-order valence-electron chi connectivity index (χ2n) is 4.04. The summed E-state index contributed by atoms with van der Waals surface area (Å²) in [6.07, 6.45) is 0. The molecule has 0 radical (unpaired) electrons. The molecular formula is C13H12N2O5S.